The Kier molecular flexibility index (Phi) is 2.90. The van der Waals surface area contributed by atoms with Crippen molar-refractivity contribution < 1.29 is 13.2 Å². The van der Waals surface area contributed by atoms with Gasteiger partial charge in [-0.15, -0.1) is 0 Å². The fourth-order valence-corrected chi connectivity index (χ4v) is 1.46. The summed E-state index contributed by atoms with van der Waals surface area (Å²) in [4.78, 5) is 10.9. The summed E-state index contributed by atoms with van der Waals surface area (Å²) >= 11 is 0. The lowest BCUT2D eigenvalue weighted by Crippen LogP contribution is -2.11. The number of rotatable bonds is 1. The molecule has 0 amide bonds. The number of halogens is 3. The van der Waals surface area contributed by atoms with Gasteiger partial charge in [-0.25, -0.2) is 9.97 Å². The molecule has 0 aromatic carbocycles. The summed E-state index contributed by atoms with van der Waals surface area (Å²) in [5.74, 6) is -0.408. The van der Waals surface area contributed by atoms with Gasteiger partial charge in [-0.05, 0) is 25.1 Å². The summed E-state index contributed by atoms with van der Waals surface area (Å²) in [5, 5.41) is 0. The molecule has 2 rings (SSSR count). The molecular formula is C11H9F3N4. The minimum absolute atomic E-state index is 0.125. The molecule has 0 spiro atoms. The number of nitrogens with two attached hydrogens (primary N) is 1. The van der Waals surface area contributed by atoms with Crippen molar-refractivity contribution in [3.05, 3.63) is 35.8 Å². The van der Waals surface area contributed by atoms with Crippen LogP contribution in [-0.2, 0) is 6.18 Å². The maximum Gasteiger partial charge on any atom is 0.433 e. The van der Waals surface area contributed by atoms with Crippen molar-refractivity contribution in [3.8, 4) is 11.3 Å². The lowest BCUT2D eigenvalue weighted by molar-refractivity contribution is -0.141. The first-order chi connectivity index (χ1) is 8.36. The van der Waals surface area contributed by atoms with E-state index >= 15 is 0 Å². The number of pyridine rings is 1. The molecule has 0 fully saturated rings. The minimum atomic E-state index is -4.55. The molecule has 2 aromatic heterocycles. The molecule has 7 heteroatoms. The van der Waals surface area contributed by atoms with Crippen LogP contribution in [0.25, 0.3) is 11.3 Å². The monoisotopic (exact) mass is 254 g/mol. The van der Waals surface area contributed by atoms with Gasteiger partial charge in [0.25, 0.3) is 0 Å². The molecule has 2 aromatic rings. The van der Waals surface area contributed by atoms with Gasteiger partial charge in [-0.2, -0.15) is 13.2 Å². The quantitative estimate of drug-likeness (QED) is 0.848. The molecule has 0 aliphatic rings. The van der Waals surface area contributed by atoms with Gasteiger partial charge in [0, 0.05) is 17.5 Å². The highest BCUT2D eigenvalue weighted by Gasteiger charge is 2.33. The topological polar surface area (TPSA) is 64.7 Å². The number of aryl methyl sites for hydroxylation is 1. The van der Waals surface area contributed by atoms with Gasteiger partial charge in [0.05, 0.1) is 5.69 Å². The van der Waals surface area contributed by atoms with Gasteiger partial charge < -0.3 is 5.73 Å². The van der Waals surface area contributed by atoms with Crippen molar-refractivity contribution in [1.29, 1.82) is 0 Å². The highest BCUT2D eigenvalue weighted by atomic mass is 19.4. The van der Waals surface area contributed by atoms with Crippen molar-refractivity contribution >= 4 is 5.95 Å². The van der Waals surface area contributed by atoms with E-state index in [1.54, 1.807) is 19.1 Å². The normalized spacial score (nSPS) is 11.6. The van der Waals surface area contributed by atoms with Crippen molar-refractivity contribution in [3.63, 3.8) is 0 Å². The summed E-state index contributed by atoms with van der Waals surface area (Å²) < 4.78 is 37.8. The van der Waals surface area contributed by atoms with Crippen LogP contribution in [0.3, 0.4) is 0 Å². The standard InChI is InChI=1S/C11H9F3N4/c1-6-4-7(2-3-16-6)8-5-9(11(12,13)14)18-10(15)17-8/h2-5H,1H3,(H2,15,17,18). The predicted octanol–water partition coefficient (Wildman–Crippen LogP) is 2.45. The number of alkyl halides is 3. The second-order valence-corrected chi connectivity index (χ2v) is 3.68. The number of anilines is 1. The zero-order valence-corrected chi connectivity index (χ0v) is 9.36. The second kappa shape index (κ2) is 4.25. The molecule has 0 aliphatic heterocycles. The zero-order chi connectivity index (χ0) is 13.3. The van der Waals surface area contributed by atoms with E-state index in [9.17, 15) is 13.2 Å². The maximum atomic E-state index is 12.6. The first kappa shape index (κ1) is 12.3. The molecule has 94 valence electrons. The van der Waals surface area contributed by atoms with Gasteiger partial charge in [-0.3, -0.25) is 4.98 Å². The van der Waals surface area contributed by atoms with E-state index in [1.807, 2.05) is 0 Å². The summed E-state index contributed by atoms with van der Waals surface area (Å²) in [6, 6.07) is 4.06. The molecular weight excluding hydrogens is 245 g/mol. The fourth-order valence-electron chi connectivity index (χ4n) is 1.46. The first-order valence-electron chi connectivity index (χ1n) is 5.01. The smallest absolute Gasteiger partial charge is 0.368 e. The Hall–Kier alpha value is -2.18. The number of aromatic nitrogens is 3. The average molecular weight is 254 g/mol. The Balaban J connectivity index is 2.55. The second-order valence-electron chi connectivity index (χ2n) is 3.68. The van der Waals surface area contributed by atoms with Gasteiger partial charge in [0.15, 0.2) is 5.69 Å². The Labute approximate surface area is 101 Å². The summed E-state index contributed by atoms with van der Waals surface area (Å²) in [7, 11) is 0. The van der Waals surface area contributed by atoms with E-state index in [-0.39, 0.29) is 5.69 Å². The molecule has 0 bridgehead atoms. The van der Waals surface area contributed by atoms with Crippen LogP contribution in [0.2, 0.25) is 0 Å². The SMILES string of the molecule is Cc1cc(-c2cc(C(F)(F)F)nc(N)n2)ccn1. The van der Waals surface area contributed by atoms with E-state index in [0.29, 0.717) is 11.3 Å². The third-order valence-electron chi connectivity index (χ3n) is 2.23. The van der Waals surface area contributed by atoms with Crippen LogP contribution >= 0.6 is 0 Å². The molecule has 2 N–H and O–H groups in total. The molecule has 0 atom stereocenters. The lowest BCUT2D eigenvalue weighted by atomic mass is 10.1. The molecule has 0 saturated heterocycles. The molecule has 18 heavy (non-hydrogen) atoms. The van der Waals surface area contributed by atoms with E-state index in [1.165, 1.54) is 6.20 Å². The number of nitrogen functional groups attached to an aromatic ring is 1. The largest absolute Gasteiger partial charge is 0.433 e. The molecule has 2 heterocycles. The van der Waals surface area contributed by atoms with Gasteiger partial charge >= 0.3 is 6.18 Å². The summed E-state index contributed by atoms with van der Waals surface area (Å²) in [6.45, 7) is 1.73. The molecule has 0 radical (unpaired) electrons. The van der Waals surface area contributed by atoms with Crippen molar-refractivity contribution in [1.82, 2.24) is 15.0 Å². The van der Waals surface area contributed by atoms with E-state index in [4.69, 9.17) is 5.73 Å². The van der Waals surface area contributed by atoms with Crippen LogP contribution in [0.1, 0.15) is 11.4 Å². The number of hydrogen-bond acceptors (Lipinski definition) is 4. The Bertz CT molecular complexity index is 581. The molecule has 0 aliphatic carbocycles. The Morgan fingerprint density at radius 2 is 1.89 bits per heavy atom. The highest BCUT2D eigenvalue weighted by Crippen LogP contribution is 2.30. The lowest BCUT2D eigenvalue weighted by Gasteiger charge is -2.08. The summed E-state index contributed by atoms with van der Waals surface area (Å²) in [5.41, 5.74) is 5.56. The number of hydrogen-bond donors (Lipinski definition) is 1. The number of nitrogens with zero attached hydrogens (tertiary/aromatic N) is 3. The van der Waals surface area contributed by atoms with Crippen LogP contribution in [0, 0.1) is 6.92 Å². The van der Waals surface area contributed by atoms with Crippen LogP contribution < -0.4 is 5.73 Å². The van der Waals surface area contributed by atoms with Crippen LogP contribution in [-0.4, -0.2) is 15.0 Å². The van der Waals surface area contributed by atoms with Crippen LogP contribution in [0.5, 0.6) is 0 Å². The fraction of sp³-hybridized carbons (Fsp3) is 0.182. The van der Waals surface area contributed by atoms with E-state index in [2.05, 4.69) is 15.0 Å². The van der Waals surface area contributed by atoms with Crippen molar-refractivity contribution in [2.75, 3.05) is 5.73 Å². The van der Waals surface area contributed by atoms with Gasteiger partial charge in [-0.1, -0.05) is 0 Å². The molecule has 4 nitrogen and oxygen atoms in total. The van der Waals surface area contributed by atoms with E-state index < -0.39 is 17.8 Å². The molecule has 0 unspecified atom stereocenters. The first-order valence-corrected chi connectivity index (χ1v) is 5.01. The average Bonchev–Trinajstić information content (AvgIpc) is 2.27. The minimum Gasteiger partial charge on any atom is -0.368 e. The highest BCUT2D eigenvalue weighted by molar-refractivity contribution is 5.60. The zero-order valence-electron chi connectivity index (χ0n) is 9.36. The van der Waals surface area contributed by atoms with Gasteiger partial charge in [0.1, 0.15) is 0 Å². The van der Waals surface area contributed by atoms with Crippen LogP contribution in [0.4, 0.5) is 19.1 Å². The Morgan fingerprint density at radius 1 is 1.17 bits per heavy atom. The summed E-state index contributed by atoms with van der Waals surface area (Å²) in [6.07, 6.45) is -3.05. The van der Waals surface area contributed by atoms with Crippen molar-refractivity contribution in [2.24, 2.45) is 0 Å². The van der Waals surface area contributed by atoms with Crippen molar-refractivity contribution in [2.45, 2.75) is 13.1 Å². The third kappa shape index (κ3) is 2.55. The van der Waals surface area contributed by atoms with E-state index in [0.717, 1.165) is 6.07 Å². The maximum absolute atomic E-state index is 12.6. The van der Waals surface area contributed by atoms with Gasteiger partial charge in [0.2, 0.25) is 5.95 Å². The third-order valence-corrected chi connectivity index (χ3v) is 2.23. The predicted molar refractivity (Wildman–Crippen MR) is 59.4 cm³/mol. The van der Waals surface area contributed by atoms with Crippen LogP contribution in [0.15, 0.2) is 24.4 Å². The Morgan fingerprint density at radius 3 is 2.50 bits per heavy atom. The molecule has 0 saturated carbocycles.